The number of benzene rings is 2. The standard InChI is InChI=1S/C26H38O5S.K/c1-2-3-4-5-6-7-8-9-10-11-12-13-16-22-19-20-23(27)25(21-22)31-24-17-14-15-18-26(24)32(28,29)30;/h14-15,17-21,27H,2-13,16H2,1H3,(H,28,29,30);/q;+1/p-1. The molecule has 0 radical (unpaired) electrons. The molecule has 33 heavy (non-hydrogen) atoms. The van der Waals surface area contributed by atoms with Crippen LogP contribution in [-0.4, -0.2) is 13.0 Å². The summed E-state index contributed by atoms with van der Waals surface area (Å²) in [4.78, 5) is -0.356. The van der Waals surface area contributed by atoms with Gasteiger partial charge in [0.25, 0.3) is 10.1 Å². The Morgan fingerprint density at radius 2 is 1.33 bits per heavy atom. The van der Waals surface area contributed by atoms with Gasteiger partial charge in [0.15, 0.2) is 0 Å². The van der Waals surface area contributed by atoms with Crippen LogP contribution in [0.4, 0.5) is 0 Å². The van der Waals surface area contributed by atoms with Crippen LogP contribution in [0.25, 0.3) is 0 Å². The molecule has 0 aromatic heterocycles. The summed E-state index contributed by atoms with van der Waals surface area (Å²) in [6.07, 6.45) is 16.3. The molecule has 2 aromatic carbocycles. The SMILES string of the molecule is CCCCCCCCCCCCCCc1ccc([O-])c(Oc2ccccc2S(=O)(=O)O)c1.[K+]. The molecule has 7 heteroatoms. The molecule has 0 heterocycles. The Morgan fingerprint density at radius 1 is 0.788 bits per heavy atom. The van der Waals surface area contributed by atoms with E-state index in [9.17, 15) is 18.1 Å². The average Bonchev–Trinajstić information content (AvgIpc) is 2.76. The second kappa shape index (κ2) is 17.1. The number of rotatable bonds is 16. The van der Waals surface area contributed by atoms with Crippen LogP contribution in [0.15, 0.2) is 47.4 Å². The number of hydrogen-bond donors (Lipinski definition) is 1. The Morgan fingerprint density at radius 3 is 1.91 bits per heavy atom. The van der Waals surface area contributed by atoms with Crippen LogP contribution < -0.4 is 61.2 Å². The zero-order valence-corrected chi connectivity index (χ0v) is 24.2. The molecule has 5 nitrogen and oxygen atoms in total. The molecule has 0 aliphatic carbocycles. The zero-order chi connectivity index (χ0) is 23.2. The van der Waals surface area contributed by atoms with Gasteiger partial charge in [-0.15, -0.1) is 0 Å². The van der Waals surface area contributed by atoms with Gasteiger partial charge in [-0.1, -0.05) is 108 Å². The van der Waals surface area contributed by atoms with Gasteiger partial charge < -0.3 is 9.84 Å². The van der Waals surface area contributed by atoms with Crippen molar-refractivity contribution < 1.29 is 74.2 Å². The smallest absolute Gasteiger partial charge is 0.870 e. The summed E-state index contributed by atoms with van der Waals surface area (Å²) in [7, 11) is -4.44. The molecule has 2 aromatic rings. The van der Waals surface area contributed by atoms with Crippen LogP contribution >= 0.6 is 0 Å². The summed E-state index contributed by atoms with van der Waals surface area (Å²) in [5.41, 5.74) is 0.982. The van der Waals surface area contributed by atoms with Crippen molar-refractivity contribution in [3.05, 3.63) is 48.0 Å². The van der Waals surface area contributed by atoms with Gasteiger partial charge >= 0.3 is 51.4 Å². The Bertz CT molecular complexity index is 915. The molecule has 178 valence electrons. The van der Waals surface area contributed by atoms with Gasteiger partial charge in [-0.05, 0) is 36.6 Å². The number of para-hydroxylation sites is 1. The van der Waals surface area contributed by atoms with Gasteiger partial charge in [-0.25, -0.2) is 0 Å². The second-order valence-electron chi connectivity index (χ2n) is 8.44. The van der Waals surface area contributed by atoms with E-state index in [4.69, 9.17) is 4.74 Å². The molecule has 1 N–H and O–H groups in total. The maximum absolute atomic E-state index is 12.2. The Labute approximate surface area is 242 Å². The predicted molar refractivity (Wildman–Crippen MR) is 127 cm³/mol. The normalized spacial score (nSPS) is 11.2. The van der Waals surface area contributed by atoms with Crippen LogP contribution in [0.2, 0.25) is 0 Å². The molecule has 0 spiro atoms. The maximum Gasteiger partial charge on any atom is 1.00 e. The van der Waals surface area contributed by atoms with E-state index in [1.165, 1.54) is 88.5 Å². The Kier molecular flexibility index (Phi) is 15.9. The third-order valence-electron chi connectivity index (χ3n) is 5.67. The molecule has 0 unspecified atom stereocenters. The summed E-state index contributed by atoms with van der Waals surface area (Å²) < 4.78 is 38.0. The van der Waals surface area contributed by atoms with Crippen molar-refractivity contribution in [1.82, 2.24) is 0 Å². The molecular formula is C26H37KO5S. The van der Waals surface area contributed by atoms with Crippen molar-refractivity contribution >= 4 is 10.1 Å². The van der Waals surface area contributed by atoms with Crippen LogP contribution in [0.3, 0.4) is 0 Å². The second-order valence-corrected chi connectivity index (χ2v) is 9.83. The minimum Gasteiger partial charge on any atom is -0.870 e. The van der Waals surface area contributed by atoms with Gasteiger partial charge in [0.05, 0.1) is 0 Å². The summed E-state index contributed by atoms with van der Waals surface area (Å²) in [6.45, 7) is 2.25. The van der Waals surface area contributed by atoms with Gasteiger partial charge in [-0.2, -0.15) is 8.42 Å². The predicted octanol–water partition coefficient (Wildman–Crippen LogP) is 4.05. The van der Waals surface area contributed by atoms with E-state index in [-0.39, 0.29) is 73.5 Å². The fourth-order valence-electron chi connectivity index (χ4n) is 3.82. The fourth-order valence-corrected chi connectivity index (χ4v) is 4.44. The Hall–Kier alpha value is -0.414. The summed E-state index contributed by atoms with van der Waals surface area (Å²) in [5.74, 6) is -0.319. The molecule has 0 saturated carbocycles. The van der Waals surface area contributed by atoms with Crippen molar-refractivity contribution in [3.8, 4) is 17.2 Å². The largest absolute Gasteiger partial charge is 1.00 e. The molecule has 0 fully saturated rings. The third-order valence-corrected chi connectivity index (χ3v) is 6.57. The van der Waals surface area contributed by atoms with E-state index in [0.29, 0.717) is 0 Å². The summed E-state index contributed by atoms with van der Waals surface area (Å²) in [6, 6.07) is 10.6. The first-order valence-corrected chi connectivity index (χ1v) is 13.4. The minimum atomic E-state index is -4.44. The molecule has 2 rings (SSSR count). The molecule has 0 bridgehead atoms. The average molecular weight is 501 g/mol. The molecule has 0 atom stereocenters. The van der Waals surface area contributed by atoms with Crippen molar-refractivity contribution in [2.45, 2.75) is 95.3 Å². The number of ether oxygens (including phenoxy) is 1. The topological polar surface area (TPSA) is 86.7 Å². The van der Waals surface area contributed by atoms with E-state index in [2.05, 4.69) is 6.92 Å². The van der Waals surface area contributed by atoms with Gasteiger partial charge in [-0.3, -0.25) is 4.55 Å². The molecule has 0 saturated heterocycles. The fraction of sp³-hybridized carbons (Fsp3) is 0.538. The van der Waals surface area contributed by atoms with Crippen LogP contribution in [0.1, 0.15) is 89.5 Å². The van der Waals surface area contributed by atoms with E-state index < -0.39 is 10.1 Å². The van der Waals surface area contributed by atoms with E-state index >= 15 is 0 Å². The van der Waals surface area contributed by atoms with Crippen molar-refractivity contribution in [1.29, 1.82) is 0 Å². The monoisotopic (exact) mass is 500 g/mol. The number of hydrogen-bond acceptors (Lipinski definition) is 4. The van der Waals surface area contributed by atoms with E-state index in [1.807, 2.05) is 0 Å². The first-order chi connectivity index (χ1) is 15.4. The van der Waals surface area contributed by atoms with Crippen LogP contribution in [0.5, 0.6) is 17.2 Å². The number of aryl methyl sites for hydroxylation is 1. The molecule has 0 aliphatic rings. The number of unbranched alkanes of at least 4 members (excludes halogenated alkanes) is 11. The summed E-state index contributed by atoms with van der Waals surface area (Å²) in [5, 5.41) is 12.2. The van der Waals surface area contributed by atoms with Crippen LogP contribution in [0, 0.1) is 0 Å². The van der Waals surface area contributed by atoms with Crippen LogP contribution in [-0.2, 0) is 16.5 Å². The first kappa shape index (κ1) is 30.6. The van der Waals surface area contributed by atoms with Crippen molar-refractivity contribution in [2.24, 2.45) is 0 Å². The van der Waals surface area contributed by atoms with Crippen molar-refractivity contribution in [3.63, 3.8) is 0 Å². The van der Waals surface area contributed by atoms with E-state index in [0.717, 1.165) is 24.8 Å². The zero-order valence-electron chi connectivity index (χ0n) is 20.2. The van der Waals surface area contributed by atoms with Crippen molar-refractivity contribution in [2.75, 3.05) is 0 Å². The Balaban J connectivity index is 0.00000544. The molecule has 0 aliphatic heterocycles. The third kappa shape index (κ3) is 12.2. The quantitative estimate of drug-likeness (QED) is 0.213. The maximum atomic E-state index is 12.2. The first-order valence-electron chi connectivity index (χ1n) is 12.0. The molecule has 0 amide bonds. The van der Waals surface area contributed by atoms with Gasteiger partial charge in [0.2, 0.25) is 0 Å². The summed E-state index contributed by atoms with van der Waals surface area (Å²) >= 11 is 0. The minimum absolute atomic E-state index is 0. The molecular weight excluding hydrogens is 463 g/mol. The van der Waals surface area contributed by atoms with E-state index in [1.54, 1.807) is 18.2 Å². The van der Waals surface area contributed by atoms with Gasteiger partial charge in [0, 0.05) is 0 Å². The van der Waals surface area contributed by atoms with Gasteiger partial charge in [0.1, 0.15) is 16.4 Å².